The zero-order chi connectivity index (χ0) is 11.3. The maximum absolute atomic E-state index is 8.74. The molecule has 1 heterocycles. The number of alkyl halides is 1. The maximum Gasteiger partial charge on any atom is 0.318 e. The molecule has 0 radical (unpaired) electrons. The van der Waals surface area contributed by atoms with E-state index in [2.05, 4.69) is 10.2 Å². The molecule has 1 aromatic rings. The average molecular weight is 234 g/mol. The molecule has 15 heavy (non-hydrogen) atoms. The predicted octanol–water partition coefficient (Wildman–Crippen LogP) is 1.58. The zero-order valence-electron chi connectivity index (χ0n) is 8.98. The van der Waals surface area contributed by atoms with Crippen molar-refractivity contribution in [2.75, 3.05) is 24.6 Å². The first kappa shape index (κ1) is 12.3. The van der Waals surface area contributed by atoms with Crippen LogP contribution in [-0.4, -0.2) is 35.0 Å². The van der Waals surface area contributed by atoms with Crippen molar-refractivity contribution in [2.45, 2.75) is 25.6 Å². The molecule has 0 saturated carbocycles. The van der Waals surface area contributed by atoms with Gasteiger partial charge in [0.2, 0.25) is 5.89 Å². The fourth-order valence-electron chi connectivity index (χ4n) is 1.17. The summed E-state index contributed by atoms with van der Waals surface area (Å²) >= 11 is 5.81. The van der Waals surface area contributed by atoms with Crippen molar-refractivity contribution in [3.05, 3.63) is 5.89 Å². The highest BCUT2D eigenvalue weighted by molar-refractivity contribution is 6.20. The van der Waals surface area contributed by atoms with E-state index in [9.17, 15) is 0 Å². The van der Waals surface area contributed by atoms with E-state index in [1.54, 1.807) is 6.92 Å². The molecule has 1 aromatic heterocycles. The van der Waals surface area contributed by atoms with E-state index >= 15 is 0 Å². The van der Waals surface area contributed by atoms with Crippen molar-refractivity contribution in [3.63, 3.8) is 0 Å². The molecule has 0 aliphatic rings. The van der Waals surface area contributed by atoms with Crippen LogP contribution >= 0.6 is 11.6 Å². The van der Waals surface area contributed by atoms with Crippen molar-refractivity contribution in [2.24, 2.45) is 0 Å². The van der Waals surface area contributed by atoms with Gasteiger partial charge < -0.3 is 14.4 Å². The van der Waals surface area contributed by atoms with E-state index in [0.717, 1.165) is 6.54 Å². The van der Waals surface area contributed by atoms with Gasteiger partial charge in [-0.2, -0.15) is 0 Å². The molecule has 0 amide bonds. The van der Waals surface area contributed by atoms with Gasteiger partial charge >= 0.3 is 6.01 Å². The Morgan fingerprint density at radius 2 is 2.27 bits per heavy atom. The van der Waals surface area contributed by atoms with E-state index in [1.165, 1.54) is 0 Å². The van der Waals surface area contributed by atoms with Gasteiger partial charge in [0.1, 0.15) is 5.38 Å². The van der Waals surface area contributed by atoms with E-state index < -0.39 is 0 Å². The molecule has 5 nitrogen and oxygen atoms in total. The lowest BCUT2D eigenvalue weighted by Crippen LogP contribution is -2.24. The van der Waals surface area contributed by atoms with Crippen LogP contribution < -0.4 is 4.90 Å². The minimum atomic E-state index is -0.275. The van der Waals surface area contributed by atoms with Gasteiger partial charge in [-0.15, -0.1) is 16.7 Å². The normalized spacial score (nSPS) is 12.8. The molecule has 0 aliphatic carbocycles. The molecule has 0 saturated heterocycles. The average Bonchev–Trinajstić information content (AvgIpc) is 2.68. The van der Waals surface area contributed by atoms with Gasteiger partial charge in [-0.05, 0) is 20.3 Å². The topological polar surface area (TPSA) is 62.4 Å². The smallest absolute Gasteiger partial charge is 0.318 e. The molecule has 1 atom stereocenters. The summed E-state index contributed by atoms with van der Waals surface area (Å²) in [5, 5.41) is 16.2. The van der Waals surface area contributed by atoms with E-state index in [-0.39, 0.29) is 12.0 Å². The first-order valence-electron chi connectivity index (χ1n) is 5.02. The quantitative estimate of drug-likeness (QED) is 0.756. The van der Waals surface area contributed by atoms with Gasteiger partial charge in [0.15, 0.2) is 0 Å². The van der Waals surface area contributed by atoms with Gasteiger partial charge in [0, 0.05) is 19.7 Å². The summed E-state index contributed by atoms with van der Waals surface area (Å²) in [7, 11) is 0. The summed E-state index contributed by atoms with van der Waals surface area (Å²) in [5.41, 5.74) is 0. The second-order valence-electron chi connectivity index (χ2n) is 3.20. The zero-order valence-corrected chi connectivity index (χ0v) is 9.74. The Morgan fingerprint density at radius 3 is 2.73 bits per heavy atom. The first-order valence-corrected chi connectivity index (χ1v) is 5.46. The highest BCUT2D eigenvalue weighted by atomic mass is 35.5. The Hall–Kier alpha value is -0.810. The number of hydrogen-bond acceptors (Lipinski definition) is 5. The number of anilines is 1. The maximum atomic E-state index is 8.74. The monoisotopic (exact) mass is 233 g/mol. The number of aliphatic hydroxyl groups is 1. The number of rotatable bonds is 6. The summed E-state index contributed by atoms with van der Waals surface area (Å²) < 4.78 is 5.39. The highest BCUT2D eigenvalue weighted by Gasteiger charge is 2.15. The summed E-state index contributed by atoms with van der Waals surface area (Å²) in [5.74, 6) is 0.425. The van der Waals surface area contributed by atoms with Crippen LogP contribution in [0.4, 0.5) is 6.01 Å². The molecule has 1 rings (SSSR count). The van der Waals surface area contributed by atoms with Crippen LogP contribution in [0.2, 0.25) is 0 Å². The Labute approximate surface area is 94.0 Å². The lowest BCUT2D eigenvalue weighted by atomic mass is 10.4. The molecule has 6 heteroatoms. The molecular weight excluding hydrogens is 218 g/mol. The number of aromatic nitrogens is 2. The minimum absolute atomic E-state index is 0.156. The van der Waals surface area contributed by atoms with Crippen LogP contribution in [0.1, 0.15) is 31.5 Å². The van der Waals surface area contributed by atoms with Crippen molar-refractivity contribution >= 4 is 17.6 Å². The van der Waals surface area contributed by atoms with Crippen molar-refractivity contribution in [3.8, 4) is 0 Å². The molecule has 0 aromatic carbocycles. The number of nitrogens with zero attached hydrogens (tertiary/aromatic N) is 3. The fraction of sp³-hybridized carbons (Fsp3) is 0.778. The Kier molecular flexibility index (Phi) is 4.84. The minimum Gasteiger partial charge on any atom is -0.406 e. The van der Waals surface area contributed by atoms with Crippen LogP contribution in [0.25, 0.3) is 0 Å². The Morgan fingerprint density at radius 1 is 1.53 bits per heavy atom. The summed E-state index contributed by atoms with van der Waals surface area (Å²) in [4.78, 5) is 1.91. The van der Waals surface area contributed by atoms with Crippen molar-refractivity contribution in [1.82, 2.24) is 10.2 Å². The first-order chi connectivity index (χ1) is 7.19. The van der Waals surface area contributed by atoms with Crippen LogP contribution in [0.3, 0.4) is 0 Å². The highest BCUT2D eigenvalue weighted by Crippen LogP contribution is 2.21. The summed E-state index contributed by atoms with van der Waals surface area (Å²) in [6.07, 6.45) is 0.683. The lowest BCUT2D eigenvalue weighted by molar-refractivity contribution is 0.288. The number of halogens is 1. The van der Waals surface area contributed by atoms with Crippen LogP contribution in [0.5, 0.6) is 0 Å². The van der Waals surface area contributed by atoms with Crippen LogP contribution in [0, 0.1) is 0 Å². The third kappa shape index (κ3) is 3.35. The largest absolute Gasteiger partial charge is 0.406 e. The summed E-state index contributed by atoms with van der Waals surface area (Å²) in [6, 6.07) is 0.466. The van der Waals surface area contributed by atoms with Gasteiger partial charge in [-0.25, -0.2) is 0 Å². The third-order valence-corrected chi connectivity index (χ3v) is 2.20. The van der Waals surface area contributed by atoms with Crippen molar-refractivity contribution in [1.29, 1.82) is 0 Å². The van der Waals surface area contributed by atoms with Gasteiger partial charge in [0.05, 0.1) is 0 Å². The molecule has 0 fully saturated rings. The van der Waals surface area contributed by atoms with Crippen molar-refractivity contribution < 1.29 is 9.52 Å². The van der Waals surface area contributed by atoms with Crippen LogP contribution in [-0.2, 0) is 0 Å². The van der Waals surface area contributed by atoms with Gasteiger partial charge in [-0.1, -0.05) is 5.10 Å². The molecular formula is C9H16ClN3O2. The number of hydrogen-bond donors (Lipinski definition) is 1. The number of aliphatic hydroxyl groups excluding tert-OH is 1. The molecule has 0 bridgehead atoms. The summed E-state index contributed by atoms with van der Waals surface area (Å²) in [6.45, 7) is 5.39. The Balaban J connectivity index is 2.65. The van der Waals surface area contributed by atoms with E-state index in [0.29, 0.717) is 24.9 Å². The Bertz CT molecular complexity index is 291. The second kappa shape index (κ2) is 5.92. The molecule has 86 valence electrons. The predicted molar refractivity (Wildman–Crippen MR) is 58.2 cm³/mol. The van der Waals surface area contributed by atoms with Gasteiger partial charge in [0.25, 0.3) is 0 Å². The lowest BCUT2D eigenvalue weighted by Gasteiger charge is -2.16. The fourth-order valence-corrected chi connectivity index (χ4v) is 1.25. The molecule has 1 unspecified atom stereocenters. The SMILES string of the molecule is CCN(CCCO)c1nnc(C(C)Cl)o1. The molecule has 1 N–H and O–H groups in total. The third-order valence-electron chi connectivity index (χ3n) is 2.01. The van der Waals surface area contributed by atoms with E-state index in [1.807, 2.05) is 11.8 Å². The standard InChI is InChI=1S/C9H16ClN3O2/c1-3-13(5-4-6-14)9-12-11-8(15-9)7(2)10/h7,14H,3-6H2,1-2H3. The van der Waals surface area contributed by atoms with Crippen LogP contribution in [0.15, 0.2) is 4.42 Å². The van der Waals surface area contributed by atoms with Gasteiger partial charge in [-0.3, -0.25) is 0 Å². The van der Waals surface area contributed by atoms with E-state index in [4.69, 9.17) is 21.1 Å². The molecule has 0 spiro atoms. The molecule has 0 aliphatic heterocycles. The second-order valence-corrected chi connectivity index (χ2v) is 3.85.